The summed E-state index contributed by atoms with van der Waals surface area (Å²) in [5.74, 6) is -0.0264. The topological polar surface area (TPSA) is 139 Å². The van der Waals surface area contributed by atoms with Gasteiger partial charge in [-0.05, 0) is 12.8 Å². The van der Waals surface area contributed by atoms with Crippen LogP contribution in [0.2, 0.25) is 0 Å². The smallest absolute Gasteiger partial charge is 0.249 e. The molecule has 2 amide bonds. The summed E-state index contributed by atoms with van der Waals surface area (Å²) in [6.07, 6.45) is -1.53. The van der Waals surface area contributed by atoms with Crippen LogP contribution in [0.3, 0.4) is 0 Å². The summed E-state index contributed by atoms with van der Waals surface area (Å²) in [5.41, 5.74) is -1.39. The Morgan fingerprint density at radius 2 is 1.15 bits per heavy atom. The molecule has 27 heavy (non-hydrogen) atoms. The van der Waals surface area contributed by atoms with Crippen molar-refractivity contribution in [3.05, 3.63) is 0 Å². The lowest BCUT2D eigenvalue weighted by molar-refractivity contribution is -0.134. The second-order valence-corrected chi connectivity index (χ2v) is 9.00. The summed E-state index contributed by atoms with van der Waals surface area (Å²) in [6.45, 7) is 7.67. The first kappa shape index (κ1) is 26.1. The quantitative estimate of drug-likeness (QED) is 0.213. The van der Waals surface area contributed by atoms with E-state index in [0.717, 1.165) is 0 Å². The number of rotatable bonds is 14. The van der Waals surface area contributed by atoms with E-state index in [2.05, 4.69) is 10.6 Å². The predicted molar refractivity (Wildman–Crippen MR) is 106 cm³/mol. The van der Waals surface area contributed by atoms with Gasteiger partial charge in [0.2, 0.25) is 11.8 Å². The Morgan fingerprint density at radius 1 is 0.815 bits per heavy atom. The van der Waals surface area contributed by atoms with Crippen LogP contribution in [0.1, 0.15) is 40.5 Å². The standard InChI is InChI=1S/C18H36N2O6S/c1-17(2,13(23)15(25)19-7-5-9-21)11-27-12-18(3,4)14(24)16(26)20-8-6-10-22/h13-14,21-24H,5-12H2,1-4H3,(H,19,25)(H,20,26). The van der Waals surface area contributed by atoms with Gasteiger partial charge >= 0.3 is 0 Å². The lowest BCUT2D eigenvalue weighted by Crippen LogP contribution is -2.47. The molecule has 0 radical (unpaired) electrons. The zero-order valence-corrected chi connectivity index (χ0v) is 17.6. The van der Waals surface area contributed by atoms with Gasteiger partial charge in [0.1, 0.15) is 12.2 Å². The maximum atomic E-state index is 12.0. The fourth-order valence-corrected chi connectivity index (χ4v) is 3.69. The highest BCUT2D eigenvalue weighted by atomic mass is 32.2. The Balaban J connectivity index is 4.50. The molecule has 0 saturated carbocycles. The monoisotopic (exact) mass is 408 g/mol. The molecule has 0 spiro atoms. The molecule has 0 fully saturated rings. The summed E-state index contributed by atoms with van der Waals surface area (Å²) in [7, 11) is 0. The van der Waals surface area contributed by atoms with Crippen LogP contribution in [0.4, 0.5) is 0 Å². The number of amides is 2. The summed E-state index contributed by atoms with van der Waals surface area (Å²) < 4.78 is 0. The molecule has 160 valence electrons. The van der Waals surface area contributed by atoms with E-state index in [9.17, 15) is 19.8 Å². The van der Waals surface area contributed by atoms with Gasteiger partial charge in [-0.2, -0.15) is 11.8 Å². The van der Waals surface area contributed by atoms with Crippen LogP contribution >= 0.6 is 11.8 Å². The molecular weight excluding hydrogens is 372 g/mol. The maximum Gasteiger partial charge on any atom is 0.249 e. The van der Waals surface area contributed by atoms with E-state index in [1.165, 1.54) is 11.8 Å². The third-order valence-electron chi connectivity index (χ3n) is 4.19. The number of aliphatic hydroxyl groups is 4. The second kappa shape index (κ2) is 12.6. The molecule has 0 heterocycles. The van der Waals surface area contributed by atoms with Gasteiger partial charge in [-0.3, -0.25) is 9.59 Å². The Morgan fingerprint density at radius 3 is 1.44 bits per heavy atom. The predicted octanol–water partition coefficient (Wildman–Crippen LogP) is -0.509. The van der Waals surface area contributed by atoms with Gasteiger partial charge < -0.3 is 31.1 Å². The van der Waals surface area contributed by atoms with Gasteiger partial charge in [0.15, 0.2) is 0 Å². The number of aliphatic hydroxyl groups excluding tert-OH is 4. The van der Waals surface area contributed by atoms with E-state index >= 15 is 0 Å². The molecule has 9 heteroatoms. The lowest BCUT2D eigenvalue weighted by Gasteiger charge is -2.33. The van der Waals surface area contributed by atoms with Crippen molar-refractivity contribution >= 4 is 23.6 Å². The molecule has 0 aromatic heterocycles. The second-order valence-electron chi connectivity index (χ2n) is 8.01. The maximum absolute atomic E-state index is 12.0. The van der Waals surface area contributed by atoms with E-state index < -0.39 is 34.9 Å². The first-order valence-electron chi connectivity index (χ1n) is 9.20. The molecule has 0 aromatic rings. The number of carbonyl (C=O) groups is 2. The minimum Gasteiger partial charge on any atom is -0.396 e. The van der Waals surface area contributed by atoms with E-state index in [0.29, 0.717) is 37.4 Å². The van der Waals surface area contributed by atoms with Crippen molar-refractivity contribution in [1.82, 2.24) is 10.6 Å². The zero-order chi connectivity index (χ0) is 21.1. The Kier molecular flexibility index (Phi) is 12.2. The molecule has 0 saturated heterocycles. The lowest BCUT2D eigenvalue weighted by atomic mass is 9.88. The SMILES string of the molecule is CC(C)(CSCC(C)(C)C(O)C(=O)NCCCO)C(O)C(=O)NCCCO. The molecule has 2 atom stereocenters. The Hall–Kier alpha value is -0.870. The van der Waals surface area contributed by atoms with Gasteiger partial charge in [-0.25, -0.2) is 0 Å². The van der Waals surface area contributed by atoms with E-state index in [4.69, 9.17) is 10.2 Å². The first-order valence-corrected chi connectivity index (χ1v) is 10.4. The fourth-order valence-electron chi connectivity index (χ4n) is 2.22. The van der Waals surface area contributed by atoms with Crippen molar-refractivity contribution in [3.8, 4) is 0 Å². The summed E-state index contributed by atoms with van der Waals surface area (Å²) in [6, 6.07) is 0. The molecule has 6 N–H and O–H groups in total. The number of nitrogens with one attached hydrogen (secondary N) is 2. The minimum absolute atomic E-state index is 0.0272. The van der Waals surface area contributed by atoms with Crippen LogP contribution in [-0.2, 0) is 9.59 Å². The number of hydrogen-bond acceptors (Lipinski definition) is 7. The molecule has 0 aromatic carbocycles. The van der Waals surface area contributed by atoms with Crippen molar-refractivity contribution in [1.29, 1.82) is 0 Å². The highest BCUT2D eigenvalue weighted by molar-refractivity contribution is 7.99. The average Bonchev–Trinajstić information content (AvgIpc) is 2.60. The highest BCUT2D eigenvalue weighted by Gasteiger charge is 2.36. The van der Waals surface area contributed by atoms with Gasteiger partial charge in [0.25, 0.3) is 0 Å². The Bertz CT molecular complexity index is 419. The number of hydrogen-bond donors (Lipinski definition) is 6. The third-order valence-corrected chi connectivity index (χ3v) is 6.09. The molecule has 2 unspecified atom stereocenters. The van der Waals surface area contributed by atoms with Crippen LogP contribution in [0.15, 0.2) is 0 Å². The van der Waals surface area contributed by atoms with Gasteiger partial charge in [0, 0.05) is 48.6 Å². The molecule has 0 rings (SSSR count). The largest absolute Gasteiger partial charge is 0.396 e. The normalized spacial score (nSPS) is 14.5. The zero-order valence-electron chi connectivity index (χ0n) is 16.8. The fraction of sp³-hybridized carbons (Fsp3) is 0.889. The van der Waals surface area contributed by atoms with Gasteiger partial charge in [-0.15, -0.1) is 0 Å². The molecule has 0 aliphatic heterocycles. The highest BCUT2D eigenvalue weighted by Crippen LogP contribution is 2.32. The Labute approximate surface area is 166 Å². The summed E-state index contributed by atoms with van der Waals surface area (Å²) in [5, 5.41) is 43.2. The number of carbonyl (C=O) groups excluding carboxylic acids is 2. The minimum atomic E-state index is -1.20. The van der Waals surface area contributed by atoms with Crippen molar-refractivity contribution < 1.29 is 30.0 Å². The molecule has 0 aliphatic carbocycles. The summed E-state index contributed by atoms with van der Waals surface area (Å²) >= 11 is 1.46. The van der Waals surface area contributed by atoms with E-state index in [1.807, 2.05) is 0 Å². The van der Waals surface area contributed by atoms with Crippen molar-refractivity contribution in [3.63, 3.8) is 0 Å². The van der Waals surface area contributed by atoms with Crippen molar-refractivity contribution in [2.24, 2.45) is 10.8 Å². The third kappa shape index (κ3) is 9.75. The van der Waals surface area contributed by atoms with Crippen LogP contribution in [0, 0.1) is 10.8 Å². The summed E-state index contributed by atoms with van der Waals surface area (Å²) in [4.78, 5) is 24.0. The van der Waals surface area contributed by atoms with Crippen molar-refractivity contribution in [2.75, 3.05) is 37.8 Å². The molecule has 0 bridgehead atoms. The van der Waals surface area contributed by atoms with Crippen LogP contribution in [0.5, 0.6) is 0 Å². The molecule has 0 aliphatic rings. The van der Waals surface area contributed by atoms with E-state index in [1.54, 1.807) is 27.7 Å². The van der Waals surface area contributed by atoms with Crippen LogP contribution < -0.4 is 10.6 Å². The first-order chi connectivity index (χ1) is 12.5. The van der Waals surface area contributed by atoms with Crippen LogP contribution in [0.25, 0.3) is 0 Å². The molecular formula is C18H36N2O6S. The van der Waals surface area contributed by atoms with Crippen LogP contribution in [-0.4, -0.2) is 82.3 Å². The van der Waals surface area contributed by atoms with Gasteiger partial charge in [-0.1, -0.05) is 27.7 Å². The van der Waals surface area contributed by atoms with Gasteiger partial charge in [0.05, 0.1) is 0 Å². The average molecular weight is 409 g/mol. The molecule has 8 nitrogen and oxygen atoms in total. The van der Waals surface area contributed by atoms with Crippen molar-refractivity contribution in [2.45, 2.75) is 52.7 Å². The number of thioether (sulfide) groups is 1. The van der Waals surface area contributed by atoms with E-state index in [-0.39, 0.29) is 13.2 Å².